The second-order valence-electron chi connectivity index (χ2n) is 4.53. The van der Waals surface area contributed by atoms with Crippen LogP contribution in [0.5, 0.6) is 0 Å². The van der Waals surface area contributed by atoms with Gasteiger partial charge in [-0.2, -0.15) is 0 Å². The number of nitrogens with one attached hydrogen (secondary N) is 1. The number of nitrogen functional groups attached to an aromatic ring is 1. The zero-order valence-corrected chi connectivity index (χ0v) is 11.9. The van der Waals surface area contributed by atoms with Gasteiger partial charge >= 0.3 is 0 Å². The molecule has 0 saturated heterocycles. The number of hydrogen-bond donors (Lipinski definition) is 2. The number of benzene rings is 1. The predicted molar refractivity (Wildman–Crippen MR) is 75.5 cm³/mol. The molecule has 0 bridgehead atoms. The van der Waals surface area contributed by atoms with Crippen molar-refractivity contribution in [2.75, 3.05) is 19.5 Å². The third kappa shape index (κ3) is 4.12. The number of hydrogen-bond acceptors (Lipinski definition) is 5. The second kappa shape index (κ2) is 7.53. The minimum absolute atomic E-state index is 0.260. The maximum Gasteiger partial charge on any atom is 0.293 e. The predicted octanol–water partition coefficient (Wildman–Crippen LogP) is 1.86. The summed E-state index contributed by atoms with van der Waals surface area (Å²) in [5.41, 5.74) is 4.04. The zero-order chi connectivity index (χ0) is 16.0. The monoisotopic (exact) mass is 299 g/mol. The highest BCUT2D eigenvalue weighted by molar-refractivity contribution is 6.01. The molecule has 116 valence electrons. The number of nitro groups is 1. The van der Waals surface area contributed by atoms with Crippen LogP contribution in [0.2, 0.25) is 0 Å². The summed E-state index contributed by atoms with van der Waals surface area (Å²) >= 11 is 0. The lowest BCUT2D eigenvalue weighted by molar-refractivity contribution is -0.384. The van der Waals surface area contributed by atoms with E-state index in [4.69, 9.17) is 10.5 Å². The van der Waals surface area contributed by atoms with E-state index in [1.807, 2.05) is 6.92 Å². The van der Waals surface area contributed by atoms with Gasteiger partial charge in [-0.25, -0.2) is 4.39 Å². The normalized spacial score (nSPS) is 12.0. The highest BCUT2D eigenvalue weighted by Crippen LogP contribution is 2.27. The van der Waals surface area contributed by atoms with E-state index >= 15 is 0 Å². The molecular weight excluding hydrogens is 281 g/mol. The molecule has 1 unspecified atom stereocenters. The van der Waals surface area contributed by atoms with Crippen molar-refractivity contribution in [1.29, 1.82) is 0 Å². The van der Waals surface area contributed by atoms with Crippen molar-refractivity contribution in [2.45, 2.75) is 25.8 Å². The fraction of sp³-hybridized carbons (Fsp3) is 0.462. The van der Waals surface area contributed by atoms with Crippen molar-refractivity contribution in [1.82, 2.24) is 5.32 Å². The molecule has 0 heterocycles. The van der Waals surface area contributed by atoms with Gasteiger partial charge in [-0.05, 0) is 12.5 Å². The summed E-state index contributed by atoms with van der Waals surface area (Å²) < 4.78 is 18.7. The quantitative estimate of drug-likeness (QED) is 0.454. The van der Waals surface area contributed by atoms with E-state index in [1.165, 1.54) is 7.11 Å². The van der Waals surface area contributed by atoms with E-state index in [0.717, 1.165) is 18.6 Å². The number of halogens is 1. The van der Waals surface area contributed by atoms with E-state index in [-0.39, 0.29) is 12.6 Å². The maximum atomic E-state index is 13.8. The molecule has 0 aliphatic rings. The van der Waals surface area contributed by atoms with E-state index < -0.39 is 33.6 Å². The number of carbonyl (C=O) groups is 1. The van der Waals surface area contributed by atoms with Gasteiger partial charge in [-0.15, -0.1) is 0 Å². The van der Waals surface area contributed by atoms with E-state index in [9.17, 15) is 19.3 Å². The Balaban J connectivity index is 3.06. The van der Waals surface area contributed by atoms with Crippen LogP contribution in [0, 0.1) is 15.9 Å². The minimum atomic E-state index is -0.900. The number of rotatable bonds is 7. The molecule has 8 heteroatoms. The van der Waals surface area contributed by atoms with Gasteiger partial charge < -0.3 is 15.8 Å². The van der Waals surface area contributed by atoms with Crippen LogP contribution in [-0.4, -0.2) is 30.6 Å². The fourth-order valence-electron chi connectivity index (χ4n) is 1.98. The summed E-state index contributed by atoms with van der Waals surface area (Å²) in [5, 5.41) is 13.4. The lowest BCUT2D eigenvalue weighted by Gasteiger charge is -2.18. The Morgan fingerprint density at radius 3 is 2.76 bits per heavy atom. The second-order valence-corrected chi connectivity index (χ2v) is 4.53. The Labute approximate surface area is 121 Å². The molecule has 1 amide bonds. The highest BCUT2D eigenvalue weighted by atomic mass is 19.1. The number of nitrogens with zero attached hydrogens (tertiary/aromatic N) is 1. The van der Waals surface area contributed by atoms with Crippen molar-refractivity contribution in [3.8, 4) is 0 Å². The van der Waals surface area contributed by atoms with Crippen molar-refractivity contribution in [2.24, 2.45) is 0 Å². The first-order valence-corrected chi connectivity index (χ1v) is 6.44. The summed E-state index contributed by atoms with van der Waals surface area (Å²) in [6, 6.07) is 1.47. The van der Waals surface area contributed by atoms with Crippen LogP contribution in [0.25, 0.3) is 0 Å². The molecule has 0 aliphatic carbocycles. The summed E-state index contributed by atoms with van der Waals surface area (Å²) in [6.45, 7) is 2.19. The van der Waals surface area contributed by atoms with E-state index in [2.05, 4.69) is 5.32 Å². The lowest BCUT2D eigenvalue weighted by atomic mass is 10.1. The molecule has 0 saturated carbocycles. The molecule has 0 spiro atoms. The Morgan fingerprint density at radius 2 is 2.24 bits per heavy atom. The third-order valence-electron chi connectivity index (χ3n) is 2.94. The van der Waals surface area contributed by atoms with Gasteiger partial charge in [0.15, 0.2) is 0 Å². The van der Waals surface area contributed by atoms with Crippen molar-refractivity contribution >= 4 is 17.3 Å². The summed E-state index contributed by atoms with van der Waals surface area (Å²) in [5.74, 6) is -1.69. The molecule has 0 fully saturated rings. The molecule has 21 heavy (non-hydrogen) atoms. The van der Waals surface area contributed by atoms with Crippen molar-refractivity contribution < 1.29 is 18.8 Å². The Hall–Kier alpha value is -2.22. The summed E-state index contributed by atoms with van der Waals surface area (Å²) in [7, 11) is 1.48. The standard InChI is InChI=1S/C13H18FN3O4/c1-3-4-8(7-21-2)16-13(18)11-9(14)5-6-10(12(11)15)17(19)20/h5-6,8H,3-4,7,15H2,1-2H3,(H,16,18). The average Bonchev–Trinajstić information content (AvgIpc) is 2.38. The number of methoxy groups -OCH3 is 1. The summed E-state index contributed by atoms with van der Waals surface area (Å²) in [4.78, 5) is 22.1. The number of nitrogens with two attached hydrogens (primary N) is 1. The number of nitro benzene ring substituents is 1. The SMILES string of the molecule is CCCC(COC)NC(=O)c1c(F)ccc([N+](=O)[O-])c1N. The van der Waals surface area contributed by atoms with Gasteiger partial charge in [0.05, 0.1) is 17.6 Å². The van der Waals surface area contributed by atoms with Gasteiger partial charge in [0.25, 0.3) is 11.6 Å². The zero-order valence-electron chi connectivity index (χ0n) is 11.9. The highest BCUT2D eigenvalue weighted by Gasteiger charge is 2.25. The molecular formula is C13H18FN3O4. The molecule has 1 atom stereocenters. The average molecular weight is 299 g/mol. The fourth-order valence-corrected chi connectivity index (χ4v) is 1.98. The van der Waals surface area contributed by atoms with Gasteiger partial charge in [0.1, 0.15) is 17.1 Å². The number of amides is 1. The van der Waals surface area contributed by atoms with Crippen LogP contribution in [0.15, 0.2) is 12.1 Å². The van der Waals surface area contributed by atoms with Crippen LogP contribution < -0.4 is 11.1 Å². The van der Waals surface area contributed by atoms with Crippen LogP contribution >= 0.6 is 0 Å². The van der Waals surface area contributed by atoms with Crippen LogP contribution in [0.3, 0.4) is 0 Å². The van der Waals surface area contributed by atoms with Crippen LogP contribution in [-0.2, 0) is 4.74 Å². The van der Waals surface area contributed by atoms with E-state index in [0.29, 0.717) is 6.42 Å². The summed E-state index contributed by atoms with van der Waals surface area (Å²) in [6.07, 6.45) is 1.43. The topological polar surface area (TPSA) is 107 Å². The first-order chi connectivity index (χ1) is 9.92. The third-order valence-corrected chi connectivity index (χ3v) is 2.94. The Bertz CT molecular complexity index is 530. The number of carbonyl (C=O) groups excluding carboxylic acids is 1. The molecule has 0 aliphatic heterocycles. The molecule has 1 rings (SSSR count). The minimum Gasteiger partial charge on any atom is -0.392 e. The van der Waals surface area contributed by atoms with Crippen LogP contribution in [0.4, 0.5) is 15.8 Å². The molecule has 3 N–H and O–H groups in total. The molecule has 7 nitrogen and oxygen atoms in total. The lowest BCUT2D eigenvalue weighted by Crippen LogP contribution is -2.38. The molecule has 1 aromatic rings. The number of ether oxygens (including phenoxy) is 1. The van der Waals surface area contributed by atoms with Crippen molar-refractivity contribution in [3.05, 3.63) is 33.6 Å². The van der Waals surface area contributed by atoms with Crippen LogP contribution in [0.1, 0.15) is 30.1 Å². The smallest absolute Gasteiger partial charge is 0.293 e. The van der Waals surface area contributed by atoms with Gasteiger partial charge in [-0.1, -0.05) is 13.3 Å². The first-order valence-electron chi connectivity index (χ1n) is 6.44. The molecule has 0 radical (unpaired) electrons. The van der Waals surface area contributed by atoms with E-state index in [1.54, 1.807) is 0 Å². The van der Waals surface area contributed by atoms with Gasteiger partial charge in [-0.3, -0.25) is 14.9 Å². The molecule has 1 aromatic carbocycles. The molecule has 0 aromatic heterocycles. The number of anilines is 1. The largest absolute Gasteiger partial charge is 0.392 e. The van der Waals surface area contributed by atoms with Gasteiger partial charge in [0.2, 0.25) is 0 Å². The Morgan fingerprint density at radius 1 is 1.57 bits per heavy atom. The first kappa shape index (κ1) is 16.8. The van der Waals surface area contributed by atoms with Crippen molar-refractivity contribution in [3.63, 3.8) is 0 Å². The Kier molecular flexibility index (Phi) is 6.04. The maximum absolute atomic E-state index is 13.8. The van der Waals surface area contributed by atoms with Gasteiger partial charge in [0, 0.05) is 13.2 Å².